The Hall–Kier alpha value is -5.44. The van der Waals surface area contributed by atoms with Crippen LogP contribution in [-0.2, 0) is 5.41 Å². The first-order chi connectivity index (χ1) is 23.1. The predicted octanol–water partition coefficient (Wildman–Crippen LogP) is 13.3. The molecular formula is C45H31NS. The van der Waals surface area contributed by atoms with Gasteiger partial charge in [-0.25, -0.2) is 0 Å². The number of hydrogen-bond donors (Lipinski definition) is 0. The predicted molar refractivity (Wildman–Crippen MR) is 204 cm³/mol. The zero-order valence-corrected chi connectivity index (χ0v) is 27.1. The highest BCUT2D eigenvalue weighted by atomic mass is 32.1. The van der Waals surface area contributed by atoms with Gasteiger partial charge < -0.3 is 4.90 Å². The number of hydrogen-bond acceptors (Lipinski definition) is 2. The summed E-state index contributed by atoms with van der Waals surface area (Å²) in [5, 5.41) is 10.5. The number of para-hydroxylation sites is 1. The minimum Gasteiger partial charge on any atom is -0.310 e. The van der Waals surface area contributed by atoms with Crippen LogP contribution in [0.4, 0.5) is 17.1 Å². The Morgan fingerprint density at radius 1 is 0.468 bits per heavy atom. The zero-order valence-electron chi connectivity index (χ0n) is 26.3. The van der Waals surface area contributed by atoms with E-state index in [0.717, 1.165) is 17.1 Å². The van der Waals surface area contributed by atoms with Crippen molar-refractivity contribution in [3.05, 3.63) is 163 Å². The fourth-order valence-electron chi connectivity index (χ4n) is 8.33. The van der Waals surface area contributed by atoms with Gasteiger partial charge in [0.25, 0.3) is 0 Å². The number of thiophene rings is 1. The van der Waals surface area contributed by atoms with Crippen molar-refractivity contribution >= 4 is 80.9 Å². The molecule has 0 saturated heterocycles. The molecule has 0 spiro atoms. The number of anilines is 3. The average molecular weight is 618 g/mol. The summed E-state index contributed by atoms with van der Waals surface area (Å²) in [6, 6.07) is 56.2. The molecule has 2 heteroatoms. The zero-order chi connectivity index (χ0) is 31.3. The molecule has 1 aliphatic rings. The van der Waals surface area contributed by atoms with Crippen LogP contribution >= 0.6 is 11.3 Å². The Kier molecular flexibility index (Phi) is 5.57. The second-order valence-corrected chi connectivity index (χ2v) is 14.4. The van der Waals surface area contributed by atoms with Gasteiger partial charge in [-0.05, 0) is 103 Å². The van der Waals surface area contributed by atoms with E-state index in [0.29, 0.717) is 0 Å². The van der Waals surface area contributed by atoms with Gasteiger partial charge in [0.15, 0.2) is 0 Å². The molecule has 0 unspecified atom stereocenters. The number of rotatable bonds is 3. The largest absolute Gasteiger partial charge is 0.310 e. The molecule has 8 aromatic carbocycles. The van der Waals surface area contributed by atoms with Crippen LogP contribution in [0.5, 0.6) is 0 Å². The molecule has 10 rings (SSSR count). The fraction of sp³-hybridized carbons (Fsp3) is 0.0667. The SMILES string of the molecule is CC1(C)c2ccccc2-c2c1c1ccc3cc(N(c4ccccc4)c4ccc5sc6ccccc6c5c4)ccc3c1c1ccccc21. The molecule has 0 aliphatic heterocycles. The first-order valence-electron chi connectivity index (χ1n) is 16.4. The summed E-state index contributed by atoms with van der Waals surface area (Å²) >= 11 is 1.86. The molecule has 0 bridgehead atoms. The van der Waals surface area contributed by atoms with E-state index in [9.17, 15) is 0 Å². The maximum Gasteiger partial charge on any atom is 0.0468 e. The van der Waals surface area contributed by atoms with Crippen LogP contribution < -0.4 is 4.90 Å². The molecule has 0 amide bonds. The fourth-order valence-corrected chi connectivity index (χ4v) is 9.42. The molecule has 47 heavy (non-hydrogen) atoms. The lowest BCUT2D eigenvalue weighted by Gasteiger charge is -2.27. The smallest absolute Gasteiger partial charge is 0.0468 e. The van der Waals surface area contributed by atoms with Gasteiger partial charge in [0.2, 0.25) is 0 Å². The minimum absolute atomic E-state index is 0.0869. The van der Waals surface area contributed by atoms with Gasteiger partial charge in [-0.2, -0.15) is 0 Å². The van der Waals surface area contributed by atoms with Crippen LogP contribution in [-0.4, -0.2) is 0 Å². The van der Waals surface area contributed by atoms with E-state index in [1.54, 1.807) is 0 Å². The lowest BCUT2D eigenvalue weighted by atomic mass is 9.78. The van der Waals surface area contributed by atoms with Gasteiger partial charge in [-0.1, -0.05) is 117 Å². The third-order valence-corrected chi connectivity index (χ3v) is 11.5. The second kappa shape index (κ2) is 9.78. The molecule has 0 saturated carbocycles. The topological polar surface area (TPSA) is 3.24 Å². The minimum atomic E-state index is -0.0869. The van der Waals surface area contributed by atoms with Crippen molar-refractivity contribution in [3.8, 4) is 11.1 Å². The lowest BCUT2D eigenvalue weighted by Crippen LogP contribution is -2.15. The highest BCUT2D eigenvalue weighted by Crippen LogP contribution is 2.55. The molecule has 0 fully saturated rings. The van der Waals surface area contributed by atoms with E-state index in [1.165, 1.54) is 74.7 Å². The van der Waals surface area contributed by atoms with Crippen LogP contribution in [0.3, 0.4) is 0 Å². The maximum absolute atomic E-state index is 2.40. The maximum atomic E-state index is 2.40. The van der Waals surface area contributed by atoms with Gasteiger partial charge in [0.05, 0.1) is 0 Å². The van der Waals surface area contributed by atoms with Crippen molar-refractivity contribution in [1.29, 1.82) is 0 Å². The molecule has 1 nitrogen and oxygen atoms in total. The Bertz CT molecular complexity index is 2720. The van der Waals surface area contributed by atoms with Gasteiger partial charge >= 0.3 is 0 Å². The molecule has 1 heterocycles. The van der Waals surface area contributed by atoms with Gasteiger partial charge in [0.1, 0.15) is 0 Å². The summed E-state index contributed by atoms with van der Waals surface area (Å²) in [6.07, 6.45) is 0. The molecule has 0 atom stereocenters. The summed E-state index contributed by atoms with van der Waals surface area (Å²) in [4.78, 5) is 2.40. The molecule has 0 radical (unpaired) electrons. The van der Waals surface area contributed by atoms with Crippen LogP contribution in [0, 0.1) is 0 Å². The summed E-state index contributed by atoms with van der Waals surface area (Å²) in [6.45, 7) is 4.79. The van der Waals surface area contributed by atoms with Crippen molar-refractivity contribution in [2.24, 2.45) is 0 Å². The van der Waals surface area contributed by atoms with E-state index in [2.05, 4.69) is 170 Å². The highest BCUT2D eigenvalue weighted by Gasteiger charge is 2.38. The summed E-state index contributed by atoms with van der Waals surface area (Å²) in [5.41, 5.74) is 9.00. The molecule has 1 aliphatic carbocycles. The molecule has 9 aromatic rings. The summed E-state index contributed by atoms with van der Waals surface area (Å²) in [5.74, 6) is 0. The first-order valence-corrected chi connectivity index (χ1v) is 17.2. The van der Waals surface area contributed by atoms with Crippen LogP contribution in [0.1, 0.15) is 25.0 Å². The van der Waals surface area contributed by atoms with E-state index in [4.69, 9.17) is 0 Å². The van der Waals surface area contributed by atoms with Crippen LogP contribution in [0.25, 0.3) is 63.6 Å². The third-order valence-electron chi connectivity index (χ3n) is 10.4. The third kappa shape index (κ3) is 3.77. The molecule has 1 aromatic heterocycles. The lowest BCUT2D eigenvalue weighted by molar-refractivity contribution is 0.666. The second-order valence-electron chi connectivity index (χ2n) is 13.3. The average Bonchev–Trinajstić information content (AvgIpc) is 3.60. The van der Waals surface area contributed by atoms with Crippen molar-refractivity contribution in [1.82, 2.24) is 0 Å². The Balaban J connectivity index is 1.23. The molecular weight excluding hydrogens is 587 g/mol. The van der Waals surface area contributed by atoms with Crippen molar-refractivity contribution in [2.45, 2.75) is 19.3 Å². The quantitative estimate of drug-likeness (QED) is 0.178. The molecule has 0 N–H and O–H groups in total. The number of nitrogens with zero attached hydrogens (tertiary/aromatic N) is 1. The van der Waals surface area contributed by atoms with Crippen LogP contribution in [0.15, 0.2) is 152 Å². The van der Waals surface area contributed by atoms with E-state index in [1.807, 2.05) is 11.3 Å². The van der Waals surface area contributed by atoms with Crippen molar-refractivity contribution in [3.63, 3.8) is 0 Å². The van der Waals surface area contributed by atoms with Crippen LogP contribution in [0.2, 0.25) is 0 Å². The van der Waals surface area contributed by atoms with Crippen molar-refractivity contribution in [2.75, 3.05) is 4.90 Å². The Morgan fingerprint density at radius 3 is 2.00 bits per heavy atom. The normalized spacial score (nSPS) is 13.5. The highest BCUT2D eigenvalue weighted by molar-refractivity contribution is 7.25. The van der Waals surface area contributed by atoms with Gasteiger partial charge in [0, 0.05) is 42.6 Å². The van der Waals surface area contributed by atoms with E-state index < -0.39 is 0 Å². The monoisotopic (exact) mass is 617 g/mol. The van der Waals surface area contributed by atoms with Crippen molar-refractivity contribution < 1.29 is 0 Å². The van der Waals surface area contributed by atoms with Gasteiger partial charge in [-0.15, -0.1) is 11.3 Å². The van der Waals surface area contributed by atoms with Gasteiger partial charge in [-0.3, -0.25) is 0 Å². The molecule has 222 valence electrons. The Labute approximate surface area is 278 Å². The summed E-state index contributed by atoms with van der Waals surface area (Å²) in [7, 11) is 0. The summed E-state index contributed by atoms with van der Waals surface area (Å²) < 4.78 is 2.64. The number of fused-ring (bicyclic) bond motifs is 13. The first kappa shape index (κ1) is 26.7. The van der Waals surface area contributed by atoms with E-state index >= 15 is 0 Å². The standard InChI is InChI=1S/C45H31NS/c1-45(2)39-18-10-8-17-36(39)43-35-16-7-6-15-34(35)42-32-24-21-30(26-28(32)20-23-37(42)44(43)45)46(29-12-4-3-5-13-29)31-22-25-41-38(27-31)33-14-9-11-19-40(33)47-41/h3-27H,1-2H3. The van der Waals surface area contributed by atoms with E-state index in [-0.39, 0.29) is 5.41 Å². The number of benzene rings is 8. The Morgan fingerprint density at radius 2 is 1.13 bits per heavy atom.